The lowest BCUT2D eigenvalue weighted by atomic mass is 10.1. The van der Waals surface area contributed by atoms with Gasteiger partial charge in [-0.2, -0.15) is 0 Å². The van der Waals surface area contributed by atoms with Gasteiger partial charge >= 0.3 is 0 Å². The van der Waals surface area contributed by atoms with Gasteiger partial charge in [0.1, 0.15) is 0 Å². The molecule has 2 rings (SSSR count). The minimum absolute atomic E-state index is 0.350. The molecule has 4 nitrogen and oxygen atoms in total. The van der Waals surface area contributed by atoms with E-state index in [-0.39, 0.29) is 5.91 Å². The number of nitrogens with zero attached hydrogens (tertiary/aromatic N) is 1. The molecule has 1 aromatic carbocycles. The Balaban J connectivity index is 2.34. The van der Waals surface area contributed by atoms with E-state index in [1.807, 2.05) is 25.1 Å². The summed E-state index contributed by atoms with van der Waals surface area (Å²) in [5, 5.41) is 3.35. The van der Waals surface area contributed by atoms with Crippen LogP contribution in [0, 0.1) is 6.92 Å². The zero-order chi connectivity index (χ0) is 12.3. The fourth-order valence-corrected chi connectivity index (χ4v) is 2.20. The third-order valence-electron chi connectivity index (χ3n) is 3.10. The fraction of sp³-hybridized carbons (Fsp3) is 0.462. The zero-order valence-electron chi connectivity index (χ0n) is 10.2. The Morgan fingerprint density at radius 1 is 1.35 bits per heavy atom. The summed E-state index contributed by atoms with van der Waals surface area (Å²) in [6, 6.07) is 5.80. The van der Waals surface area contributed by atoms with Gasteiger partial charge in [-0.3, -0.25) is 4.79 Å². The third-order valence-corrected chi connectivity index (χ3v) is 3.10. The van der Waals surface area contributed by atoms with Crippen LogP contribution in [0.25, 0.3) is 0 Å². The highest BCUT2D eigenvalue weighted by atomic mass is 16.1. The first-order valence-corrected chi connectivity index (χ1v) is 6.04. The molecule has 0 spiro atoms. The van der Waals surface area contributed by atoms with Gasteiger partial charge in [0.25, 0.3) is 5.91 Å². The Morgan fingerprint density at radius 2 is 2.18 bits per heavy atom. The number of anilines is 1. The van der Waals surface area contributed by atoms with Gasteiger partial charge < -0.3 is 16.0 Å². The molecule has 1 fully saturated rings. The van der Waals surface area contributed by atoms with Crippen LogP contribution in [0.2, 0.25) is 0 Å². The van der Waals surface area contributed by atoms with Gasteiger partial charge in [-0.25, -0.2) is 0 Å². The first-order chi connectivity index (χ1) is 8.18. The molecule has 4 heteroatoms. The van der Waals surface area contributed by atoms with Gasteiger partial charge in [0.2, 0.25) is 0 Å². The van der Waals surface area contributed by atoms with Crippen LogP contribution < -0.4 is 16.0 Å². The van der Waals surface area contributed by atoms with Crippen LogP contribution in [-0.2, 0) is 0 Å². The first kappa shape index (κ1) is 11.9. The lowest BCUT2D eigenvalue weighted by Crippen LogP contribution is -2.30. The van der Waals surface area contributed by atoms with Crippen molar-refractivity contribution >= 4 is 11.6 Å². The summed E-state index contributed by atoms with van der Waals surface area (Å²) in [7, 11) is 0. The van der Waals surface area contributed by atoms with Crippen LogP contribution in [0.5, 0.6) is 0 Å². The molecule has 1 heterocycles. The molecule has 1 amide bonds. The Kier molecular flexibility index (Phi) is 3.64. The number of carbonyl (C=O) groups is 1. The van der Waals surface area contributed by atoms with E-state index in [1.165, 1.54) is 0 Å². The van der Waals surface area contributed by atoms with E-state index in [0.717, 1.165) is 43.9 Å². The fourth-order valence-electron chi connectivity index (χ4n) is 2.20. The molecule has 92 valence electrons. The van der Waals surface area contributed by atoms with Crippen molar-refractivity contribution < 1.29 is 4.79 Å². The van der Waals surface area contributed by atoms with E-state index in [2.05, 4.69) is 10.2 Å². The third kappa shape index (κ3) is 2.77. The maximum absolute atomic E-state index is 11.4. The number of primary amides is 1. The largest absolute Gasteiger partial charge is 0.370 e. The van der Waals surface area contributed by atoms with Gasteiger partial charge in [0.15, 0.2) is 0 Å². The van der Waals surface area contributed by atoms with Crippen molar-refractivity contribution in [2.75, 3.05) is 31.1 Å². The second-order valence-electron chi connectivity index (χ2n) is 4.48. The molecular weight excluding hydrogens is 214 g/mol. The van der Waals surface area contributed by atoms with E-state index >= 15 is 0 Å². The molecule has 0 aromatic heterocycles. The van der Waals surface area contributed by atoms with Crippen LogP contribution in [0.3, 0.4) is 0 Å². The minimum Gasteiger partial charge on any atom is -0.370 e. The van der Waals surface area contributed by atoms with Gasteiger partial charge in [0, 0.05) is 25.3 Å². The number of nitrogens with one attached hydrogen (secondary N) is 1. The normalized spacial score (nSPS) is 16.6. The molecule has 1 aliphatic heterocycles. The van der Waals surface area contributed by atoms with Crippen LogP contribution in [0.1, 0.15) is 22.3 Å². The highest BCUT2D eigenvalue weighted by Crippen LogP contribution is 2.22. The average Bonchev–Trinajstić information content (AvgIpc) is 2.56. The Morgan fingerprint density at radius 3 is 2.94 bits per heavy atom. The Labute approximate surface area is 102 Å². The molecule has 0 saturated carbocycles. The van der Waals surface area contributed by atoms with Crippen molar-refractivity contribution in [3.63, 3.8) is 0 Å². The maximum atomic E-state index is 11.4. The summed E-state index contributed by atoms with van der Waals surface area (Å²) in [6.45, 7) is 5.91. The summed E-state index contributed by atoms with van der Waals surface area (Å²) in [4.78, 5) is 13.7. The van der Waals surface area contributed by atoms with Crippen molar-refractivity contribution in [2.24, 2.45) is 5.73 Å². The van der Waals surface area contributed by atoms with Crippen LogP contribution in [0.4, 0.5) is 5.69 Å². The van der Waals surface area contributed by atoms with Crippen molar-refractivity contribution in [2.45, 2.75) is 13.3 Å². The molecule has 0 unspecified atom stereocenters. The Bertz CT molecular complexity index is 409. The van der Waals surface area contributed by atoms with Crippen molar-refractivity contribution in [1.82, 2.24) is 5.32 Å². The highest BCUT2D eigenvalue weighted by Gasteiger charge is 2.16. The van der Waals surface area contributed by atoms with Gasteiger partial charge in [0.05, 0.1) is 5.56 Å². The quantitative estimate of drug-likeness (QED) is 0.797. The van der Waals surface area contributed by atoms with E-state index in [0.29, 0.717) is 5.56 Å². The SMILES string of the molecule is Cc1ccc(C(N)=O)c(N2CCCNCC2)c1. The molecule has 0 atom stereocenters. The number of hydrogen-bond acceptors (Lipinski definition) is 3. The summed E-state index contributed by atoms with van der Waals surface area (Å²) in [5.74, 6) is -0.350. The highest BCUT2D eigenvalue weighted by molar-refractivity contribution is 5.98. The predicted molar refractivity (Wildman–Crippen MR) is 69.4 cm³/mol. The van der Waals surface area contributed by atoms with Crippen LogP contribution in [-0.4, -0.2) is 32.1 Å². The number of aryl methyl sites for hydroxylation is 1. The van der Waals surface area contributed by atoms with E-state index in [9.17, 15) is 4.79 Å². The van der Waals surface area contributed by atoms with Crippen molar-refractivity contribution in [3.8, 4) is 0 Å². The molecule has 0 aliphatic carbocycles. The standard InChI is InChI=1S/C13H19N3O/c1-10-3-4-11(13(14)17)12(9-10)16-7-2-5-15-6-8-16/h3-4,9,15H,2,5-8H2,1H3,(H2,14,17). The summed E-state index contributed by atoms with van der Waals surface area (Å²) >= 11 is 0. The predicted octanol–water partition coefficient (Wildman–Crippen LogP) is 0.894. The Hall–Kier alpha value is -1.55. The van der Waals surface area contributed by atoms with Crippen molar-refractivity contribution in [1.29, 1.82) is 0 Å². The minimum atomic E-state index is -0.350. The summed E-state index contributed by atoms with van der Waals surface area (Å²) in [5.41, 5.74) is 8.18. The van der Waals surface area contributed by atoms with Crippen molar-refractivity contribution in [3.05, 3.63) is 29.3 Å². The average molecular weight is 233 g/mol. The van der Waals surface area contributed by atoms with E-state index in [4.69, 9.17) is 5.73 Å². The van der Waals surface area contributed by atoms with Gasteiger partial charge in [-0.15, -0.1) is 0 Å². The van der Waals surface area contributed by atoms with E-state index < -0.39 is 0 Å². The molecule has 1 aliphatic rings. The lowest BCUT2D eigenvalue weighted by molar-refractivity contribution is 0.100. The second-order valence-corrected chi connectivity index (χ2v) is 4.48. The van der Waals surface area contributed by atoms with Crippen LogP contribution in [0.15, 0.2) is 18.2 Å². The molecule has 0 radical (unpaired) electrons. The molecule has 0 bridgehead atoms. The summed E-state index contributed by atoms with van der Waals surface area (Å²) in [6.07, 6.45) is 1.09. The number of hydrogen-bond donors (Lipinski definition) is 2. The monoisotopic (exact) mass is 233 g/mol. The molecule has 1 aromatic rings. The number of rotatable bonds is 2. The molecule has 3 N–H and O–H groups in total. The first-order valence-electron chi connectivity index (χ1n) is 6.04. The van der Waals surface area contributed by atoms with E-state index in [1.54, 1.807) is 0 Å². The number of amides is 1. The molecule has 1 saturated heterocycles. The smallest absolute Gasteiger partial charge is 0.250 e. The zero-order valence-corrected chi connectivity index (χ0v) is 10.2. The topological polar surface area (TPSA) is 58.4 Å². The second kappa shape index (κ2) is 5.19. The summed E-state index contributed by atoms with van der Waals surface area (Å²) < 4.78 is 0. The van der Waals surface area contributed by atoms with Crippen LogP contribution >= 0.6 is 0 Å². The van der Waals surface area contributed by atoms with Gasteiger partial charge in [-0.05, 0) is 37.6 Å². The maximum Gasteiger partial charge on any atom is 0.250 e. The number of carbonyl (C=O) groups excluding carboxylic acids is 1. The lowest BCUT2D eigenvalue weighted by Gasteiger charge is -2.24. The molecule has 17 heavy (non-hydrogen) atoms. The number of nitrogens with two attached hydrogens (primary N) is 1. The van der Waals surface area contributed by atoms with Gasteiger partial charge in [-0.1, -0.05) is 6.07 Å². The number of benzene rings is 1. The molecular formula is C13H19N3O.